The summed E-state index contributed by atoms with van der Waals surface area (Å²) in [5, 5.41) is 0. The molecule has 3 aromatic rings. The number of hydrogen-bond donors (Lipinski definition) is 0. The van der Waals surface area contributed by atoms with Crippen LogP contribution < -0.4 is 5.56 Å². The normalized spacial score (nSPS) is 11.3. The molecule has 0 unspecified atom stereocenters. The van der Waals surface area contributed by atoms with Crippen LogP contribution in [0.1, 0.15) is 18.3 Å². The van der Waals surface area contributed by atoms with Gasteiger partial charge in [0, 0.05) is 18.2 Å². The first-order valence-corrected chi connectivity index (χ1v) is 6.87. The highest BCUT2D eigenvalue weighted by Gasteiger charge is 2.14. The Balaban J connectivity index is 2.11. The third-order valence-corrected chi connectivity index (χ3v) is 3.59. The van der Waals surface area contributed by atoms with E-state index in [2.05, 4.69) is 9.97 Å². The molecule has 0 amide bonds. The van der Waals surface area contributed by atoms with Crippen LogP contribution in [0.3, 0.4) is 0 Å². The van der Waals surface area contributed by atoms with Crippen LogP contribution in [-0.4, -0.2) is 19.1 Å². The van der Waals surface area contributed by atoms with Crippen molar-refractivity contribution in [2.45, 2.75) is 26.9 Å². The number of aryl methyl sites for hydroxylation is 1. The largest absolute Gasteiger partial charge is 0.310 e. The van der Waals surface area contributed by atoms with Crippen LogP contribution in [0.5, 0.6) is 0 Å². The second kappa shape index (κ2) is 5.32. The molecule has 2 aromatic heterocycles. The van der Waals surface area contributed by atoms with Gasteiger partial charge in [0.1, 0.15) is 17.5 Å². The predicted octanol–water partition coefficient (Wildman–Crippen LogP) is 2.25. The first-order valence-electron chi connectivity index (χ1n) is 6.87. The third-order valence-electron chi connectivity index (χ3n) is 3.59. The molecule has 2 heterocycles. The molecule has 0 aliphatic carbocycles. The molecule has 0 atom stereocenters. The Kier molecular flexibility index (Phi) is 3.48. The van der Waals surface area contributed by atoms with E-state index in [4.69, 9.17) is 0 Å². The lowest BCUT2D eigenvalue weighted by molar-refractivity contribution is 0.567. The van der Waals surface area contributed by atoms with Crippen LogP contribution in [0.2, 0.25) is 0 Å². The number of aromatic nitrogens is 4. The fourth-order valence-electron chi connectivity index (χ4n) is 2.45. The Bertz CT molecular complexity index is 914. The van der Waals surface area contributed by atoms with Gasteiger partial charge in [0.05, 0.1) is 12.9 Å². The van der Waals surface area contributed by atoms with Crippen molar-refractivity contribution in [2.75, 3.05) is 0 Å². The van der Waals surface area contributed by atoms with Crippen LogP contribution in [0.15, 0.2) is 29.3 Å². The molecule has 0 aliphatic rings. The van der Waals surface area contributed by atoms with Crippen molar-refractivity contribution in [2.24, 2.45) is 0 Å². The summed E-state index contributed by atoms with van der Waals surface area (Å²) in [5.41, 5.74) is 0.731. The van der Waals surface area contributed by atoms with E-state index in [-0.39, 0.29) is 17.6 Å². The molecule has 0 spiro atoms. The lowest BCUT2D eigenvalue weighted by Crippen LogP contribution is -2.23. The Labute approximate surface area is 124 Å². The van der Waals surface area contributed by atoms with Crippen LogP contribution >= 0.6 is 0 Å². The highest BCUT2D eigenvalue weighted by molar-refractivity contribution is 5.69. The molecular formula is C15H14F2N4O. The molecule has 0 saturated carbocycles. The Morgan fingerprint density at radius 3 is 2.73 bits per heavy atom. The topological polar surface area (TPSA) is 52.7 Å². The van der Waals surface area contributed by atoms with Gasteiger partial charge in [-0.3, -0.25) is 9.36 Å². The van der Waals surface area contributed by atoms with Crippen molar-refractivity contribution in [3.8, 4) is 0 Å². The lowest BCUT2D eigenvalue weighted by Gasteiger charge is -2.08. The number of nitrogens with zero attached hydrogens (tertiary/aromatic N) is 4. The second-order valence-electron chi connectivity index (χ2n) is 4.99. The molecule has 0 saturated heterocycles. The van der Waals surface area contributed by atoms with Gasteiger partial charge in [-0.25, -0.2) is 18.7 Å². The van der Waals surface area contributed by atoms with Crippen molar-refractivity contribution >= 4 is 11.2 Å². The van der Waals surface area contributed by atoms with E-state index in [0.29, 0.717) is 23.6 Å². The molecule has 3 rings (SSSR count). The number of fused-ring (bicyclic) bond motifs is 1. The Hall–Kier alpha value is -2.57. The number of hydrogen-bond acceptors (Lipinski definition) is 3. The number of rotatable bonds is 3. The van der Waals surface area contributed by atoms with E-state index in [0.717, 1.165) is 6.07 Å². The number of imidazole rings is 1. The van der Waals surface area contributed by atoms with Gasteiger partial charge in [-0.15, -0.1) is 0 Å². The van der Waals surface area contributed by atoms with Crippen molar-refractivity contribution in [3.63, 3.8) is 0 Å². The standard InChI is InChI=1S/C15H14F2N4O/c1-3-21-9(2)19-14-13(15(21)22)18-8-20(14)7-10-4-5-11(16)6-12(10)17/h4-6,8H,3,7H2,1-2H3. The average molecular weight is 304 g/mol. The van der Waals surface area contributed by atoms with Crippen LogP contribution in [0, 0.1) is 18.6 Å². The van der Waals surface area contributed by atoms with Crippen molar-refractivity contribution in [1.29, 1.82) is 0 Å². The zero-order valence-electron chi connectivity index (χ0n) is 12.2. The molecule has 0 aliphatic heterocycles. The van der Waals surface area contributed by atoms with Crippen molar-refractivity contribution < 1.29 is 8.78 Å². The third kappa shape index (κ3) is 2.28. The summed E-state index contributed by atoms with van der Waals surface area (Å²) in [6.07, 6.45) is 1.45. The van der Waals surface area contributed by atoms with Gasteiger partial charge in [0.25, 0.3) is 5.56 Å². The number of benzene rings is 1. The quantitative estimate of drug-likeness (QED) is 0.746. The van der Waals surface area contributed by atoms with E-state index in [1.165, 1.54) is 23.0 Å². The molecule has 7 heteroatoms. The zero-order valence-corrected chi connectivity index (χ0v) is 12.2. The Morgan fingerprint density at radius 1 is 1.27 bits per heavy atom. The highest BCUT2D eigenvalue weighted by Crippen LogP contribution is 2.14. The Morgan fingerprint density at radius 2 is 2.05 bits per heavy atom. The predicted molar refractivity (Wildman–Crippen MR) is 77.7 cm³/mol. The monoisotopic (exact) mass is 304 g/mol. The maximum absolute atomic E-state index is 13.8. The first-order chi connectivity index (χ1) is 10.5. The minimum absolute atomic E-state index is 0.130. The molecular weight excluding hydrogens is 290 g/mol. The van der Waals surface area contributed by atoms with E-state index in [9.17, 15) is 13.6 Å². The maximum Gasteiger partial charge on any atom is 0.281 e. The first kappa shape index (κ1) is 14.4. The fraction of sp³-hybridized carbons (Fsp3) is 0.267. The summed E-state index contributed by atoms with van der Waals surface area (Å²) < 4.78 is 29.8. The lowest BCUT2D eigenvalue weighted by atomic mass is 10.2. The maximum atomic E-state index is 13.8. The van der Waals surface area contributed by atoms with Gasteiger partial charge in [-0.2, -0.15) is 0 Å². The van der Waals surface area contributed by atoms with Crippen LogP contribution in [-0.2, 0) is 13.1 Å². The van der Waals surface area contributed by atoms with Crippen molar-refractivity contribution in [1.82, 2.24) is 19.1 Å². The van der Waals surface area contributed by atoms with E-state index >= 15 is 0 Å². The molecule has 0 radical (unpaired) electrons. The van der Waals surface area contributed by atoms with Crippen LogP contribution in [0.4, 0.5) is 8.78 Å². The molecule has 114 valence electrons. The molecule has 0 fully saturated rings. The summed E-state index contributed by atoms with van der Waals surface area (Å²) in [6.45, 7) is 4.23. The average Bonchev–Trinajstić information content (AvgIpc) is 2.85. The smallest absolute Gasteiger partial charge is 0.281 e. The second-order valence-corrected chi connectivity index (χ2v) is 4.99. The van der Waals surface area contributed by atoms with Gasteiger partial charge >= 0.3 is 0 Å². The SMILES string of the molecule is CCn1c(C)nc2c(ncn2Cc2ccc(F)cc2F)c1=O. The van der Waals surface area contributed by atoms with E-state index < -0.39 is 11.6 Å². The van der Waals surface area contributed by atoms with Gasteiger partial charge in [0.2, 0.25) is 0 Å². The van der Waals surface area contributed by atoms with E-state index in [1.807, 2.05) is 6.92 Å². The molecule has 22 heavy (non-hydrogen) atoms. The summed E-state index contributed by atoms with van der Waals surface area (Å²) in [6, 6.07) is 3.40. The molecule has 0 bridgehead atoms. The summed E-state index contributed by atoms with van der Waals surface area (Å²) in [4.78, 5) is 20.7. The van der Waals surface area contributed by atoms with Gasteiger partial charge in [0.15, 0.2) is 11.2 Å². The van der Waals surface area contributed by atoms with E-state index in [1.54, 1.807) is 11.5 Å². The van der Waals surface area contributed by atoms with Gasteiger partial charge < -0.3 is 4.57 Å². The molecule has 0 N–H and O–H groups in total. The van der Waals surface area contributed by atoms with Crippen LogP contribution in [0.25, 0.3) is 11.2 Å². The minimum atomic E-state index is -0.638. The highest BCUT2D eigenvalue weighted by atomic mass is 19.1. The van der Waals surface area contributed by atoms with Gasteiger partial charge in [-0.1, -0.05) is 6.07 Å². The summed E-state index contributed by atoms with van der Waals surface area (Å²) in [5.74, 6) is -0.696. The summed E-state index contributed by atoms with van der Waals surface area (Å²) in [7, 11) is 0. The minimum Gasteiger partial charge on any atom is -0.310 e. The molecule has 1 aromatic carbocycles. The van der Waals surface area contributed by atoms with Gasteiger partial charge in [-0.05, 0) is 19.9 Å². The molecule has 5 nitrogen and oxygen atoms in total. The summed E-state index contributed by atoms with van der Waals surface area (Å²) >= 11 is 0. The zero-order chi connectivity index (χ0) is 15.9. The van der Waals surface area contributed by atoms with Crippen molar-refractivity contribution in [3.05, 3.63) is 57.9 Å². The number of halogens is 2. The fourth-order valence-corrected chi connectivity index (χ4v) is 2.45.